The summed E-state index contributed by atoms with van der Waals surface area (Å²) in [6, 6.07) is 5.76. The number of likely N-dealkylation sites (tertiary alicyclic amines) is 1. The molecule has 21 heavy (non-hydrogen) atoms. The average Bonchev–Trinajstić information content (AvgIpc) is 2.53. The molecule has 1 saturated heterocycles. The number of hydrogen-bond donors (Lipinski definition) is 1. The van der Waals surface area contributed by atoms with Gasteiger partial charge in [-0.05, 0) is 43.7 Å². The van der Waals surface area contributed by atoms with Gasteiger partial charge in [-0.25, -0.2) is 0 Å². The van der Waals surface area contributed by atoms with Crippen LogP contribution in [0, 0.1) is 5.92 Å². The summed E-state index contributed by atoms with van der Waals surface area (Å²) in [4.78, 5) is 15.0. The van der Waals surface area contributed by atoms with Crippen molar-refractivity contribution < 1.29 is 9.53 Å². The number of hydrogen-bond acceptors (Lipinski definition) is 3. The minimum atomic E-state index is 0.0896. The number of methoxy groups -OCH3 is 1. The van der Waals surface area contributed by atoms with Crippen LogP contribution in [-0.2, 0) is 0 Å². The third-order valence-electron chi connectivity index (χ3n) is 4.99. The lowest BCUT2D eigenvalue weighted by atomic mass is 9.78. The maximum Gasteiger partial charge on any atom is 0.256 e. The predicted octanol–water partition coefficient (Wildman–Crippen LogP) is 3.07. The Morgan fingerprint density at radius 3 is 2.76 bits per heavy atom. The molecule has 4 nitrogen and oxygen atoms in total. The molecular weight excluding hydrogens is 264 g/mol. The first kappa shape index (κ1) is 14.2. The number of ether oxygens (including phenoxy) is 1. The van der Waals surface area contributed by atoms with Gasteiger partial charge in [-0.3, -0.25) is 4.79 Å². The van der Waals surface area contributed by atoms with Crippen LogP contribution < -0.4 is 10.5 Å². The fraction of sp³-hybridized carbons (Fsp3) is 0.588. The van der Waals surface area contributed by atoms with Gasteiger partial charge >= 0.3 is 0 Å². The SMILES string of the molecule is COc1ccc(C(=O)N2CCCC3CCCCC32)c(N)c1. The first-order valence-corrected chi connectivity index (χ1v) is 7.95. The van der Waals surface area contributed by atoms with Crippen LogP contribution in [0.5, 0.6) is 5.75 Å². The monoisotopic (exact) mass is 288 g/mol. The Bertz CT molecular complexity index is 528. The summed E-state index contributed by atoms with van der Waals surface area (Å²) >= 11 is 0. The Labute approximate surface area is 126 Å². The molecule has 2 aliphatic rings. The summed E-state index contributed by atoms with van der Waals surface area (Å²) in [5, 5.41) is 0. The second kappa shape index (κ2) is 5.96. The molecule has 0 bridgehead atoms. The van der Waals surface area contributed by atoms with Crippen LogP contribution in [0.4, 0.5) is 5.69 Å². The zero-order valence-corrected chi connectivity index (χ0v) is 12.7. The molecule has 1 heterocycles. The van der Waals surface area contributed by atoms with Crippen LogP contribution in [0.15, 0.2) is 18.2 Å². The second-order valence-corrected chi connectivity index (χ2v) is 6.21. The molecule has 0 aromatic heterocycles. The number of carbonyl (C=O) groups excluding carboxylic acids is 1. The van der Waals surface area contributed by atoms with Gasteiger partial charge in [0.2, 0.25) is 0 Å². The Hall–Kier alpha value is -1.71. The van der Waals surface area contributed by atoms with E-state index in [1.165, 1.54) is 25.7 Å². The molecule has 1 aliphatic heterocycles. The molecule has 2 fully saturated rings. The van der Waals surface area contributed by atoms with E-state index in [9.17, 15) is 4.79 Å². The number of benzene rings is 1. The molecule has 1 aromatic carbocycles. The summed E-state index contributed by atoms with van der Waals surface area (Å²) < 4.78 is 5.16. The maximum absolute atomic E-state index is 12.9. The van der Waals surface area contributed by atoms with Crippen molar-refractivity contribution in [1.82, 2.24) is 4.90 Å². The van der Waals surface area contributed by atoms with Crippen LogP contribution >= 0.6 is 0 Å². The Morgan fingerprint density at radius 2 is 2.00 bits per heavy atom. The quantitative estimate of drug-likeness (QED) is 0.851. The van der Waals surface area contributed by atoms with E-state index in [2.05, 4.69) is 4.90 Å². The van der Waals surface area contributed by atoms with Crippen LogP contribution in [0.3, 0.4) is 0 Å². The molecular formula is C17H24N2O2. The van der Waals surface area contributed by atoms with Gasteiger partial charge in [0.1, 0.15) is 5.75 Å². The van der Waals surface area contributed by atoms with E-state index in [-0.39, 0.29) is 5.91 Å². The van der Waals surface area contributed by atoms with E-state index in [1.807, 2.05) is 6.07 Å². The first-order valence-electron chi connectivity index (χ1n) is 7.95. The molecule has 1 aliphatic carbocycles. The normalized spacial score (nSPS) is 25.3. The van der Waals surface area contributed by atoms with Crippen molar-refractivity contribution in [3.63, 3.8) is 0 Å². The third-order valence-corrected chi connectivity index (χ3v) is 4.99. The molecule has 114 valence electrons. The molecule has 1 aromatic rings. The number of nitrogens with zero attached hydrogens (tertiary/aromatic N) is 1. The van der Waals surface area contributed by atoms with Crippen molar-refractivity contribution in [2.24, 2.45) is 5.92 Å². The standard InChI is InChI=1S/C17H24N2O2/c1-21-13-8-9-14(15(18)11-13)17(20)19-10-4-6-12-5-2-3-7-16(12)19/h8-9,11-12,16H,2-7,10,18H2,1H3. The van der Waals surface area contributed by atoms with Crippen molar-refractivity contribution in [3.8, 4) is 5.75 Å². The molecule has 0 radical (unpaired) electrons. The molecule has 2 atom stereocenters. The number of nitrogen functional groups attached to an aromatic ring is 1. The minimum Gasteiger partial charge on any atom is -0.497 e. The molecule has 2 unspecified atom stereocenters. The van der Waals surface area contributed by atoms with Gasteiger partial charge < -0.3 is 15.4 Å². The number of anilines is 1. The van der Waals surface area contributed by atoms with E-state index in [0.717, 1.165) is 19.4 Å². The number of fused-ring (bicyclic) bond motifs is 1. The third kappa shape index (κ3) is 2.71. The highest BCUT2D eigenvalue weighted by Gasteiger charge is 2.36. The van der Waals surface area contributed by atoms with Crippen molar-refractivity contribution in [3.05, 3.63) is 23.8 Å². The average molecular weight is 288 g/mol. The van der Waals surface area contributed by atoms with E-state index < -0.39 is 0 Å². The molecule has 2 N–H and O–H groups in total. The van der Waals surface area contributed by atoms with Crippen molar-refractivity contribution in [2.45, 2.75) is 44.6 Å². The Balaban J connectivity index is 1.83. The summed E-state index contributed by atoms with van der Waals surface area (Å²) in [5.74, 6) is 1.47. The molecule has 1 amide bonds. The molecule has 4 heteroatoms. The van der Waals surface area contributed by atoms with Crippen LogP contribution in [0.1, 0.15) is 48.9 Å². The van der Waals surface area contributed by atoms with E-state index in [0.29, 0.717) is 29.0 Å². The van der Waals surface area contributed by atoms with Crippen LogP contribution in [0.2, 0.25) is 0 Å². The highest BCUT2D eigenvalue weighted by Crippen LogP contribution is 2.36. The van der Waals surface area contributed by atoms with Gasteiger partial charge in [0.25, 0.3) is 5.91 Å². The number of nitrogens with two attached hydrogens (primary N) is 1. The lowest BCUT2D eigenvalue weighted by Crippen LogP contribution is -2.49. The van der Waals surface area contributed by atoms with Gasteiger partial charge in [0.05, 0.1) is 12.7 Å². The molecule has 3 rings (SSSR count). The number of piperidine rings is 1. The van der Waals surface area contributed by atoms with Crippen molar-refractivity contribution in [2.75, 3.05) is 19.4 Å². The van der Waals surface area contributed by atoms with Crippen LogP contribution in [-0.4, -0.2) is 30.5 Å². The number of amides is 1. The fourth-order valence-corrected chi connectivity index (χ4v) is 3.89. The van der Waals surface area contributed by atoms with Gasteiger partial charge in [0, 0.05) is 24.3 Å². The number of carbonyl (C=O) groups is 1. The molecule has 0 spiro atoms. The lowest BCUT2D eigenvalue weighted by molar-refractivity contribution is 0.0391. The highest BCUT2D eigenvalue weighted by atomic mass is 16.5. The number of rotatable bonds is 2. The van der Waals surface area contributed by atoms with Crippen molar-refractivity contribution >= 4 is 11.6 Å². The second-order valence-electron chi connectivity index (χ2n) is 6.21. The lowest BCUT2D eigenvalue weighted by Gasteiger charge is -2.44. The Kier molecular flexibility index (Phi) is 4.04. The Morgan fingerprint density at radius 1 is 1.24 bits per heavy atom. The minimum absolute atomic E-state index is 0.0896. The summed E-state index contributed by atoms with van der Waals surface area (Å²) in [7, 11) is 1.60. The first-order chi connectivity index (χ1) is 10.2. The predicted molar refractivity (Wildman–Crippen MR) is 83.4 cm³/mol. The van der Waals surface area contributed by atoms with Gasteiger partial charge in [-0.2, -0.15) is 0 Å². The topological polar surface area (TPSA) is 55.6 Å². The van der Waals surface area contributed by atoms with Gasteiger partial charge in [-0.1, -0.05) is 12.8 Å². The molecule has 1 saturated carbocycles. The van der Waals surface area contributed by atoms with Gasteiger partial charge in [-0.15, -0.1) is 0 Å². The smallest absolute Gasteiger partial charge is 0.256 e. The van der Waals surface area contributed by atoms with Gasteiger partial charge in [0.15, 0.2) is 0 Å². The largest absolute Gasteiger partial charge is 0.497 e. The van der Waals surface area contributed by atoms with Crippen LogP contribution in [0.25, 0.3) is 0 Å². The summed E-state index contributed by atoms with van der Waals surface area (Å²) in [6.07, 6.45) is 7.35. The van der Waals surface area contributed by atoms with E-state index in [1.54, 1.807) is 19.2 Å². The van der Waals surface area contributed by atoms with Crippen molar-refractivity contribution in [1.29, 1.82) is 0 Å². The maximum atomic E-state index is 12.9. The highest BCUT2D eigenvalue weighted by molar-refractivity contribution is 5.99. The zero-order valence-electron chi connectivity index (χ0n) is 12.7. The van der Waals surface area contributed by atoms with E-state index in [4.69, 9.17) is 10.5 Å². The van der Waals surface area contributed by atoms with E-state index >= 15 is 0 Å². The summed E-state index contributed by atoms with van der Waals surface area (Å²) in [6.45, 7) is 0.867. The summed E-state index contributed by atoms with van der Waals surface area (Å²) in [5.41, 5.74) is 7.17. The zero-order chi connectivity index (χ0) is 14.8. The fourth-order valence-electron chi connectivity index (χ4n) is 3.89.